The van der Waals surface area contributed by atoms with Crippen LogP contribution in [0.1, 0.15) is 113 Å². The van der Waals surface area contributed by atoms with Crippen molar-refractivity contribution in [2.24, 2.45) is 45.8 Å². The summed E-state index contributed by atoms with van der Waals surface area (Å²) in [7, 11) is 0. The van der Waals surface area contributed by atoms with Gasteiger partial charge in [0, 0.05) is 0 Å². The summed E-state index contributed by atoms with van der Waals surface area (Å²) in [5.41, 5.74) is 5.90. The quantitative estimate of drug-likeness (QED) is 0.450. The van der Waals surface area contributed by atoms with Gasteiger partial charge in [-0.25, -0.2) is 0 Å². The van der Waals surface area contributed by atoms with Gasteiger partial charge in [-0.05, 0) is 117 Å². The van der Waals surface area contributed by atoms with Gasteiger partial charge in [-0.3, -0.25) is 0 Å². The summed E-state index contributed by atoms with van der Waals surface area (Å²) < 4.78 is 0. The van der Waals surface area contributed by atoms with Crippen LogP contribution in [0.25, 0.3) is 0 Å². The third kappa shape index (κ3) is 3.70. The van der Waals surface area contributed by atoms with E-state index in [4.69, 9.17) is 0 Å². The van der Waals surface area contributed by atoms with Gasteiger partial charge in [0.2, 0.25) is 0 Å². The summed E-state index contributed by atoms with van der Waals surface area (Å²) in [5.74, 6) is 3.68. The summed E-state index contributed by atoms with van der Waals surface area (Å²) in [6.07, 6.45) is 12.4. The van der Waals surface area contributed by atoms with Crippen molar-refractivity contribution >= 4 is 0 Å². The standard InChI is InChI=1S/C30H50O/c1-19-13-16-29(7)17-14-20(2)23(27(29)22(19)4)10-11-24-21(3)9-12-25-28(5,6)26(31)15-18-30(24,25)8/h19,22,24-27,31H,3,9-18H2,1-2,4-8H3/t19-,22+,24+,25+,26+,27+,29-,30-/m1/s1. The molecule has 0 saturated heterocycles. The Morgan fingerprint density at radius 1 is 0.968 bits per heavy atom. The Kier molecular flexibility index (Phi) is 6.11. The predicted molar refractivity (Wildman–Crippen MR) is 133 cm³/mol. The molecule has 31 heavy (non-hydrogen) atoms. The van der Waals surface area contributed by atoms with Gasteiger partial charge in [0.1, 0.15) is 0 Å². The molecule has 3 saturated carbocycles. The molecule has 4 aliphatic rings. The monoisotopic (exact) mass is 426 g/mol. The summed E-state index contributed by atoms with van der Waals surface area (Å²) in [4.78, 5) is 0. The van der Waals surface area contributed by atoms with E-state index in [0.29, 0.717) is 22.7 Å². The summed E-state index contributed by atoms with van der Waals surface area (Å²) in [6, 6.07) is 0. The van der Waals surface area contributed by atoms with E-state index in [9.17, 15) is 5.11 Å². The first-order valence-electron chi connectivity index (χ1n) is 13.5. The lowest BCUT2D eigenvalue weighted by molar-refractivity contribution is -0.125. The van der Waals surface area contributed by atoms with Crippen LogP contribution in [-0.4, -0.2) is 11.2 Å². The number of hydrogen-bond donors (Lipinski definition) is 1. The lowest BCUT2D eigenvalue weighted by atomic mass is 9.46. The van der Waals surface area contributed by atoms with Crippen LogP contribution in [0.4, 0.5) is 0 Å². The van der Waals surface area contributed by atoms with Gasteiger partial charge in [0.05, 0.1) is 6.10 Å². The normalized spacial score (nSPS) is 47.7. The summed E-state index contributed by atoms with van der Waals surface area (Å²) >= 11 is 0. The molecule has 0 radical (unpaired) electrons. The van der Waals surface area contributed by atoms with Gasteiger partial charge >= 0.3 is 0 Å². The molecule has 4 rings (SSSR count). The van der Waals surface area contributed by atoms with E-state index >= 15 is 0 Å². The van der Waals surface area contributed by atoms with E-state index in [-0.39, 0.29) is 11.5 Å². The zero-order valence-corrected chi connectivity index (χ0v) is 21.7. The maximum atomic E-state index is 10.8. The number of aliphatic hydroxyl groups is 1. The fraction of sp³-hybridized carbons (Fsp3) is 0.867. The number of fused-ring (bicyclic) bond motifs is 2. The van der Waals surface area contributed by atoms with Crippen molar-refractivity contribution in [1.82, 2.24) is 0 Å². The minimum atomic E-state index is -0.147. The molecule has 1 nitrogen and oxygen atoms in total. The van der Waals surface area contributed by atoms with Crippen molar-refractivity contribution in [2.75, 3.05) is 0 Å². The average Bonchev–Trinajstić information content (AvgIpc) is 2.70. The molecule has 4 aliphatic carbocycles. The van der Waals surface area contributed by atoms with E-state index in [0.717, 1.165) is 30.6 Å². The fourth-order valence-corrected chi connectivity index (χ4v) is 9.22. The first-order valence-corrected chi connectivity index (χ1v) is 13.5. The zero-order chi connectivity index (χ0) is 22.8. The highest BCUT2D eigenvalue weighted by Crippen LogP contribution is 2.63. The summed E-state index contributed by atoms with van der Waals surface area (Å²) in [5, 5.41) is 10.8. The van der Waals surface area contributed by atoms with Crippen LogP contribution < -0.4 is 0 Å². The van der Waals surface area contributed by atoms with Crippen molar-refractivity contribution in [1.29, 1.82) is 0 Å². The van der Waals surface area contributed by atoms with E-state index < -0.39 is 0 Å². The van der Waals surface area contributed by atoms with Crippen LogP contribution in [0.5, 0.6) is 0 Å². The molecule has 0 aromatic rings. The maximum absolute atomic E-state index is 10.8. The van der Waals surface area contributed by atoms with Crippen molar-refractivity contribution in [3.05, 3.63) is 23.3 Å². The van der Waals surface area contributed by atoms with Gasteiger partial charge in [-0.2, -0.15) is 0 Å². The minimum absolute atomic E-state index is 0.0257. The van der Waals surface area contributed by atoms with Crippen molar-refractivity contribution in [3.8, 4) is 0 Å². The lowest BCUT2D eigenvalue weighted by Gasteiger charge is -2.59. The molecule has 0 aromatic heterocycles. The highest BCUT2D eigenvalue weighted by molar-refractivity contribution is 5.26. The Balaban J connectivity index is 1.59. The number of rotatable bonds is 3. The van der Waals surface area contributed by atoms with Crippen LogP contribution in [0.3, 0.4) is 0 Å². The molecule has 1 N–H and O–H groups in total. The Morgan fingerprint density at radius 3 is 2.39 bits per heavy atom. The lowest BCUT2D eigenvalue weighted by Crippen LogP contribution is -2.54. The largest absolute Gasteiger partial charge is 0.393 e. The SMILES string of the molecule is C=C1CC[C@H]2C(C)(C)[C@@H](O)CC[C@]2(C)[C@H]1CCC1=C(C)CC[C@@]2(C)CC[C@@H](C)[C@H](C)[C@@H]12. The van der Waals surface area contributed by atoms with Gasteiger partial charge < -0.3 is 5.11 Å². The van der Waals surface area contributed by atoms with Gasteiger partial charge in [-0.15, -0.1) is 0 Å². The summed E-state index contributed by atoms with van der Waals surface area (Å²) in [6.45, 7) is 21.9. The number of hydrogen-bond acceptors (Lipinski definition) is 1. The molecule has 0 amide bonds. The molecule has 0 unspecified atom stereocenters. The van der Waals surface area contributed by atoms with Gasteiger partial charge in [0.25, 0.3) is 0 Å². The van der Waals surface area contributed by atoms with E-state index in [2.05, 4.69) is 55.0 Å². The average molecular weight is 427 g/mol. The second kappa shape index (κ2) is 8.03. The molecule has 1 heteroatoms. The van der Waals surface area contributed by atoms with Crippen LogP contribution in [-0.2, 0) is 0 Å². The predicted octanol–water partition coefficient (Wildman–Crippen LogP) is 8.34. The van der Waals surface area contributed by atoms with Crippen molar-refractivity contribution in [3.63, 3.8) is 0 Å². The Hall–Kier alpha value is -0.560. The van der Waals surface area contributed by atoms with E-state index in [1.54, 1.807) is 5.57 Å². The van der Waals surface area contributed by atoms with Crippen LogP contribution >= 0.6 is 0 Å². The number of aliphatic hydroxyl groups excluding tert-OH is 1. The van der Waals surface area contributed by atoms with Crippen LogP contribution in [0.2, 0.25) is 0 Å². The molecule has 0 heterocycles. The molecule has 0 spiro atoms. The zero-order valence-electron chi connectivity index (χ0n) is 21.7. The molecule has 0 aromatic carbocycles. The highest BCUT2D eigenvalue weighted by atomic mass is 16.3. The van der Waals surface area contributed by atoms with Gasteiger partial charge in [0.15, 0.2) is 0 Å². The first-order chi connectivity index (χ1) is 14.4. The third-order valence-electron chi connectivity index (χ3n) is 11.6. The molecule has 8 atom stereocenters. The van der Waals surface area contributed by atoms with E-state index in [1.807, 2.05) is 5.57 Å². The topological polar surface area (TPSA) is 20.2 Å². The van der Waals surface area contributed by atoms with Gasteiger partial charge in [-0.1, -0.05) is 64.8 Å². The molecular weight excluding hydrogens is 376 g/mol. The molecule has 3 fully saturated rings. The molecule has 0 bridgehead atoms. The number of allylic oxidation sites excluding steroid dienone is 3. The van der Waals surface area contributed by atoms with Crippen molar-refractivity contribution in [2.45, 2.75) is 119 Å². The molecule has 176 valence electrons. The maximum Gasteiger partial charge on any atom is 0.0594 e. The Labute approximate surface area is 193 Å². The first kappa shape index (κ1) is 23.6. The Bertz CT molecular complexity index is 744. The Morgan fingerprint density at radius 2 is 1.68 bits per heavy atom. The van der Waals surface area contributed by atoms with Crippen LogP contribution in [0.15, 0.2) is 23.3 Å². The molecular formula is C30H50O. The van der Waals surface area contributed by atoms with Crippen LogP contribution in [0, 0.1) is 45.8 Å². The third-order valence-corrected chi connectivity index (χ3v) is 11.6. The molecule has 0 aliphatic heterocycles. The van der Waals surface area contributed by atoms with E-state index in [1.165, 1.54) is 56.9 Å². The minimum Gasteiger partial charge on any atom is -0.393 e. The highest BCUT2D eigenvalue weighted by Gasteiger charge is 2.56. The second-order valence-corrected chi connectivity index (χ2v) is 13.5. The smallest absolute Gasteiger partial charge is 0.0594 e. The second-order valence-electron chi connectivity index (χ2n) is 13.5. The van der Waals surface area contributed by atoms with Crippen molar-refractivity contribution < 1.29 is 5.11 Å². The fourth-order valence-electron chi connectivity index (χ4n) is 9.22.